The van der Waals surface area contributed by atoms with E-state index < -0.39 is 0 Å². The molecule has 4 heteroatoms. The Morgan fingerprint density at radius 3 is 3.22 bits per heavy atom. The van der Waals surface area contributed by atoms with Gasteiger partial charge in [0.2, 0.25) is 0 Å². The average Bonchev–Trinajstić information content (AvgIpc) is 2.40. The summed E-state index contributed by atoms with van der Waals surface area (Å²) >= 11 is 0. The van der Waals surface area contributed by atoms with Crippen molar-refractivity contribution in [3.63, 3.8) is 0 Å². The van der Waals surface area contributed by atoms with E-state index in [4.69, 9.17) is 10.5 Å². The van der Waals surface area contributed by atoms with E-state index in [1.165, 1.54) is 24.9 Å². The third-order valence-corrected chi connectivity index (χ3v) is 3.50. The van der Waals surface area contributed by atoms with E-state index in [2.05, 4.69) is 22.0 Å². The van der Waals surface area contributed by atoms with Gasteiger partial charge in [-0.1, -0.05) is 0 Å². The topological polar surface area (TPSA) is 51.4 Å². The molecule has 4 nitrogen and oxygen atoms in total. The normalized spacial score (nSPS) is 21.1. The number of pyridine rings is 1. The van der Waals surface area contributed by atoms with Gasteiger partial charge in [-0.25, -0.2) is 0 Å². The lowest BCUT2D eigenvalue weighted by molar-refractivity contribution is 0.0873. The first-order valence-electron chi connectivity index (χ1n) is 6.67. The standard InChI is InChI=1S/C14H23N3O/c1-18-11-13-3-2-6-17(10-13)9-12-4-5-16-14(7-12)8-15/h4-5,7,13H,2-3,6,8-11,15H2,1H3. The molecule has 0 aliphatic carbocycles. The monoisotopic (exact) mass is 249 g/mol. The number of hydrogen-bond acceptors (Lipinski definition) is 4. The van der Waals surface area contributed by atoms with Gasteiger partial charge in [-0.2, -0.15) is 0 Å². The van der Waals surface area contributed by atoms with E-state index in [0.29, 0.717) is 12.5 Å². The van der Waals surface area contributed by atoms with Crippen molar-refractivity contribution >= 4 is 0 Å². The van der Waals surface area contributed by atoms with E-state index in [1.54, 1.807) is 7.11 Å². The van der Waals surface area contributed by atoms with Crippen molar-refractivity contribution in [1.29, 1.82) is 0 Å². The van der Waals surface area contributed by atoms with Crippen molar-refractivity contribution in [2.45, 2.75) is 25.9 Å². The molecule has 0 aromatic carbocycles. The smallest absolute Gasteiger partial charge is 0.0542 e. The Balaban J connectivity index is 1.91. The summed E-state index contributed by atoms with van der Waals surface area (Å²) in [6.07, 6.45) is 4.41. The minimum absolute atomic E-state index is 0.514. The van der Waals surface area contributed by atoms with E-state index in [0.717, 1.165) is 25.4 Å². The van der Waals surface area contributed by atoms with Gasteiger partial charge in [0.1, 0.15) is 0 Å². The van der Waals surface area contributed by atoms with Gasteiger partial charge in [0, 0.05) is 32.9 Å². The molecule has 0 amide bonds. The molecule has 1 aromatic rings. The van der Waals surface area contributed by atoms with Gasteiger partial charge in [0.25, 0.3) is 0 Å². The summed E-state index contributed by atoms with van der Waals surface area (Å²) in [7, 11) is 1.79. The highest BCUT2D eigenvalue weighted by Crippen LogP contribution is 2.18. The van der Waals surface area contributed by atoms with Crippen LogP contribution in [0.1, 0.15) is 24.1 Å². The fraction of sp³-hybridized carbons (Fsp3) is 0.643. The second kappa shape index (κ2) is 6.83. The van der Waals surface area contributed by atoms with Gasteiger partial charge in [-0.15, -0.1) is 0 Å². The molecule has 0 saturated carbocycles. The fourth-order valence-electron chi connectivity index (χ4n) is 2.66. The SMILES string of the molecule is COCC1CCCN(Cc2ccnc(CN)c2)C1. The largest absolute Gasteiger partial charge is 0.384 e. The first kappa shape index (κ1) is 13.5. The molecule has 1 aromatic heterocycles. The summed E-state index contributed by atoms with van der Waals surface area (Å²) in [5.74, 6) is 0.680. The van der Waals surface area contributed by atoms with Crippen LogP contribution in [0.3, 0.4) is 0 Å². The molecular weight excluding hydrogens is 226 g/mol. The third-order valence-electron chi connectivity index (χ3n) is 3.50. The second-order valence-electron chi connectivity index (χ2n) is 5.06. The maximum Gasteiger partial charge on any atom is 0.0542 e. The molecule has 1 saturated heterocycles. The maximum absolute atomic E-state index is 5.62. The predicted octanol–water partition coefficient (Wildman–Crippen LogP) is 1.40. The van der Waals surface area contributed by atoms with Crippen LogP contribution in [0.2, 0.25) is 0 Å². The number of ether oxygens (including phenoxy) is 1. The molecule has 0 spiro atoms. The highest BCUT2D eigenvalue weighted by Gasteiger charge is 2.19. The van der Waals surface area contributed by atoms with Crippen LogP contribution >= 0.6 is 0 Å². The van der Waals surface area contributed by atoms with Crippen LogP contribution in [0.4, 0.5) is 0 Å². The Kier molecular flexibility index (Phi) is 5.11. The summed E-state index contributed by atoms with van der Waals surface area (Å²) in [5.41, 5.74) is 7.90. The number of rotatable bonds is 5. The zero-order chi connectivity index (χ0) is 12.8. The molecule has 1 aliphatic heterocycles. The summed E-state index contributed by atoms with van der Waals surface area (Å²) in [5, 5.41) is 0. The highest BCUT2D eigenvalue weighted by atomic mass is 16.5. The molecule has 1 unspecified atom stereocenters. The highest BCUT2D eigenvalue weighted by molar-refractivity contribution is 5.16. The Morgan fingerprint density at radius 1 is 1.56 bits per heavy atom. The quantitative estimate of drug-likeness (QED) is 0.857. The zero-order valence-corrected chi connectivity index (χ0v) is 11.1. The van der Waals surface area contributed by atoms with Crippen molar-refractivity contribution in [3.05, 3.63) is 29.6 Å². The van der Waals surface area contributed by atoms with Gasteiger partial charge >= 0.3 is 0 Å². The molecule has 2 rings (SSSR count). The molecule has 1 aliphatic rings. The minimum Gasteiger partial charge on any atom is -0.384 e. The van der Waals surface area contributed by atoms with Crippen molar-refractivity contribution in [3.8, 4) is 0 Å². The zero-order valence-electron chi connectivity index (χ0n) is 11.1. The van der Waals surface area contributed by atoms with Crippen LogP contribution in [-0.4, -0.2) is 36.7 Å². The van der Waals surface area contributed by atoms with E-state index >= 15 is 0 Å². The predicted molar refractivity (Wildman–Crippen MR) is 72.0 cm³/mol. The van der Waals surface area contributed by atoms with Crippen LogP contribution in [0.25, 0.3) is 0 Å². The Morgan fingerprint density at radius 2 is 2.44 bits per heavy atom. The first-order valence-corrected chi connectivity index (χ1v) is 6.67. The minimum atomic E-state index is 0.514. The first-order chi connectivity index (χ1) is 8.81. The second-order valence-corrected chi connectivity index (χ2v) is 5.06. The van der Waals surface area contributed by atoms with Gasteiger partial charge in [-0.3, -0.25) is 9.88 Å². The molecular formula is C14H23N3O. The number of piperidine rings is 1. The number of nitrogens with zero attached hydrogens (tertiary/aromatic N) is 2. The van der Waals surface area contributed by atoms with Gasteiger partial charge in [0.05, 0.1) is 12.3 Å². The van der Waals surface area contributed by atoms with Crippen LogP contribution in [0.15, 0.2) is 18.3 Å². The number of nitrogens with two attached hydrogens (primary N) is 1. The molecule has 100 valence electrons. The molecule has 2 heterocycles. The van der Waals surface area contributed by atoms with Crippen LogP contribution < -0.4 is 5.73 Å². The molecule has 0 radical (unpaired) electrons. The molecule has 1 atom stereocenters. The maximum atomic E-state index is 5.62. The van der Waals surface area contributed by atoms with E-state index in [1.807, 2.05) is 6.20 Å². The van der Waals surface area contributed by atoms with E-state index in [-0.39, 0.29) is 0 Å². The number of hydrogen-bond donors (Lipinski definition) is 1. The molecule has 18 heavy (non-hydrogen) atoms. The third kappa shape index (κ3) is 3.77. The van der Waals surface area contributed by atoms with Crippen molar-refractivity contribution in [2.24, 2.45) is 11.7 Å². The summed E-state index contributed by atoms with van der Waals surface area (Å²) in [4.78, 5) is 6.73. The lowest BCUT2D eigenvalue weighted by atomic mass is 9.98. The Bertz CT molecular complexity index is 368. The van der Waals surface area contributed by atoms with E-state index in [9.17, 15) is 0 Å². The summed E-state index contributed by atoms with van der Waals surface area (Å²) in [6.45, 7) is 4.70. The summed E-state index contributed by atoms with van der Waals surface area (Å²) in [6, 6.07) is 4.19. The van der Waals surface area contributed by atoms with Gasteiger partial charge in [-0.05, 0) is 43.0 Å². The number of aromatic nitrogens is 1. The molecule has 1 fully saturated rings. The fourth-order valence-corrected chi connectivity index (χ4v) is 2.66. The van der Waals surface area contributed by atoms with Crippen molar-refractivity contribution < 1.29 is 4.74 Å². The van der Waals surface area contributed by atoms with Gasteiger partial charge in [0.15, 0.2) is 0 Å². The summed E-state index contributed by atoms with van der Waals surface area (Å²) < 4.78 is 5.26. The van der Waals surface area contributed by atoms with Crippen molar-refractivity contribution in [1.82, 2.24) is 9.88 Å². The molecule has 0 bridgehead atoms. The van der Waals surface area contributed by atoms with Gasteiger partial charge < -0.3 is 10.5 Å². The van der Waals surface area contributed by atoms with Crippen molar-refractivity contribution in [2.75, 3.05) is 26.8 Å². The molecule has 2 N–H and O–H groups in total. The number of likely N-dealkylation sites (tertiary alicyclic amines) is 1. The van der Waals surface area contributed by atoms with Crippen LogP contribution in [0, 0.1) is 5.92 Å². The lowest BCUT2D eigenvalue weighted by Crippen LogP contribution is -2.36. The lowest BCUT2D eigenvalue weighted by Gasteiger charge is -2.32. The Labute approximate surface area is 109 Å². The Hall–Kier alpha value is -0.970. The average molecular weight is 249 g/mol. The van der Waals surface area contributed by atoms with Crippen LogP contribution in [0.5, 0.6) is 0 Å². The van der Waals surface area contributed by atoms with Crippen LogP contribution in [-0.2, 0) is 17.8 Å². The number of methoxy groups -OCH3 is 1.